The normalized spacial score (nSPS) is 20.5. The lowest BCUT2D eigenvalue weighted by atomic mass is 9.91. The molecule has 2 aliphatic rings. The second-order valence-corrected chi connectivity index (χ2v) is 10.4. The summed E-state index contributed by atoms with van der Waals surface area (Å²) in [5.74, 6) is -0.743. The van der Waals surface area contributed by atoms with Gasteiger partial charge in [0.1, 0.15) is 18.4 Å². The van der Waals surface area contributed by atoms with E-state index < -0.39 is 17.9 Å². The van der Waals surface area contributed by atoms with Crippen molar-refractivity contribution < 1.29 is 23.9 Å². The van der Waals surface area contributed by atoms with E-state index in [1.807, 2.05) is 42.7 Å². The summed E-state index contributed by atoms with van der Waals surface area (Å²) in [4.78, 5) is 46.1. The van der Waals surface area contributed by atoms with Crippen LogP contribution in [0.3, 0.4) is 0 Å². The lowest BCUT2D eigenvalue weighted by Crippen LogP contribution is -2.67. The number of aromatic nitrogens is 1. The van der Waals surface area contributed by atoms with Crippen molar-refractivity contribution in [1.82, 2.24) is 15.2 Å². The smallest absolute Gasteiger partial charge is 0.307 e. The highest BCUT2D eigenvalue weighted by Gasteiger charge is 2.55. The Balaban J connectivity index is 1.52. The molecule has 1 saturated heterocycles. The molecule has 0 saturated carbocycles. The molecule has 1 aromatic heterocycles. The summed E-state index contributed by atoms with van der Waals surface area (Å²) in [7, 11) is 1.61. The van der Waals surface area contributed by atoms with Gasteiger partial charge in [0.25, 0.3) is 0 Å². The predicted octanol–water partition coefficient (Wildman–Crippen LogP) is 3.67. The topological polar surface area (TPSA) is 97.8 Å². The Morgan fingerprint density at radius 2 is 2.06 bits per heavy atom. The molecular formula is C26H27N3O5S2. The minimum Gasteiger partial charge on any atom is -0.497 e. The summed E-state index contributed by atoms with van der Waals surface area (Å²) in [6.07, 6.45) is 4.82. The van der Waals surface area contributed by atoms with Crippen LogP contribution in [0.1, 0.15) is 17.5 Å². The minimum absolute atomic E-state index is 0.0269. The second kappa shape index (κ2) is 11.7. The molecule has 10 heteroatoms. The van der Waals surface area contributed by atoms with E-state index in [1.54, 1.807) is 24.4 Å². The van der Waals surface area contributed by atoms with Crippen LogP contribution in [0.25, 0.3) is 0 Å². The van der Waals surface area contributed by atoms with E-state index in [1.165, 1.54) is 29.6 Å². The first-order valence-corrected chi connectivity index (χ1v) is 13.1. The van der Waals surface area contributed by atoms with Crippen molar-refractivity contribution in [3.63, 3.8) is 0 Å². The molecule has 0 aliphatic carbocycles. The average molecular weight is 526 g/mol. The van der Waals surface area contributed by atoms with Crippen LogP contribution in [0.4, 0.5) is 0 Å². The second-order valence-electron chi connectivity index (χ2n) is 8.27. The molecule has 188 valence electrons. The fraction of sp³-hybridized carbons (Fsp3) is 0.308. The first kappa shape index (κ1) is 25.8. The van der Waals surface area contributed by atoms with Gasteiger partial charge >= 0.3 is 5.97 Å². The molecule has 1 aromatic carbocycles. The van der Waals surface area contributed by atoms with Crippen LogP contribution in [0.15, 0.2) is 70.6 Å². The Labute approximate surface area is 218 Å². The number of amides is 2. The number of nitrogens with one attached hydrogen (secondary N) is 1. The van der Waals surface area contributed by atoms with Crippen molar-refractivity contribution >= 4 is 41.3 Å². The van der Waals surface area contributed by atoms with Gasteiger partial charge in [-0.1, -0.05) is 30.5 Å². The Hall–Kier alpha value is -3.24. The number of methoxy groups -OCH3 is 1. The van der Waals surface area contributed by atoms with Gasteiger partial charge in [-0.3, -0.25) is 19.4 Å². The molecule has 2 aromatic rings. The van der Waals surface area contributed by atoms with E-state index in [0.717, 1.165) is 26.7 Å². The van der Waals surface area contributed by atoms with Gasteiger partial charge in [0, 0.05) is 28.7 Å². The third kappa shape index (κ3) is 5.60. The van der Waals surface area contributed by atoms with Gasteiger partial charge in [-0.2, -0.15) is 0 Å². The Kier molecular flexibility index (Phi) is 8.37. The number of carbonyl (C=O) groups is 3. The van der Waals surface area contributed by atoms with Gasteiger partial charge in [0.2, 0.25) is 11.8 Å². The van der Waals surface area contributed by atoms with Crippen molar-refractivity contribution in [2.75, 3.05) is 13.7 Å². The molecule has 2 aliphatic heterocycles. The summed E-state index contributed by atoms with van der Waals surface area (Å²) in [5, 5.41) is 4.61. The zero-order valence-electron chi connectivity index (χ0n) is 20.0. The number of hydrogen-bond donors (Lipinski definition) is 1. The van der Waals surface area contributed by atoms with Crippen molar-refractivity contribution in [1.29, 1.82) is 0 Å². The van der Waals surface area contributed by atoms with E-state index >= 15 is 0 Å². The highest BCUT2D eigenvalue weighted by atomic mass is 32.2. The SMILES string of the molecule is C=CCOC(=O)C[C@@H]1C(=O)N2C(C(=O)NCc3ccc(OC)cc3C)C(Sc3ccncc3)=CS[C@H]12. The third-order valence-electron chi connectivity index (χ3n) is 5.95. The number of aryl methyl sites for hydroxylation is 1. The van der Waals surface area contributed by atoms with Gasteiger partial charge in [0.05, 0.1) is 24.8 Å². The lowest BCUT2D eigenvalue weighted by Gasteiger charge is -2.51. The number of hydrogen-bond acceptors (Lipinski definition) is 8. The van der Waals surface area contributed by atoms with Gasteiger partial charge in [0.15, 0.2) is 0 Å². The van der Waals surface area contributed by atoms with Crippen LogP contribution >= 0.6 is 23.5 Å². The molecule has 1 N–H and O–H groups in total. The van der Waals surface area contributed by atoms with E-state index in [-0.39, 0.29) is 30.2 Å². The molecule has 1 unspecified atom stereocenters. The maximum Gasteiger partial charge on any atom is 0.307 e. The number of β-lactam (4-membered cyclic amide) rings is 1. The van der Waals surface area contributed by atoms with Gasteiger partial charge in [-0.05, 0) is 47.7 Å². The number of benzene rings is 1. The standard InChI is InChI=1S/C26H27N3O5S2/c1-4-11-34-22(30)13-20-25(32)29-23(21(15-35-26(20)29)36-19-7-9-27-10-8-19)24(31)28-14-17-5-6-18(33-3)12-16(17)2/h4-10,12,15,20,23,26H,1,11,13-14H2,2-3H3,(H,28,31)/t20-,23?,26-/m1/s1. The summed E-state index contributed by atoms with van der Waals surface area (Å²) >= 11 is 2.87. The largest absolute Gasteiger partial charge is 0.497 e. The molecule has 2 amide bonds. The highest BCUT2D eigenvalue weighted by Crippen LogP contribution is 2.48. The maximum atomic E-state index is 13.5. The predicted molar refractivity (Wildman–Crippen MR) is 139 cm³/mol. The molecule has 4 rings (SSSR count). The van der Waals surface area contributed by atoms with Crippen LogP contribution in [0.5, 0.6) is 5.75 Å². The maximum absolute atomic E-state index is 13.5. The quantitative estimate of drug-likeness (QED) is 0.285. The summed E-state index contributed by atoms with van der Waals surface area (Å²) in [6, 6.07) is 8.59. The van der Waals surface area contributed by atoms with Crippen molar-refractivity contribution in [3.05, 3.63) is 76.8 Å². The van der Waals surface area contributed by atoms with E-state index in [4.69, 9.17) is 9.47 Å². The summed E-state index contributed by atoms with van der Waals surface area (Å²) < 4.78 is 10.3. The van der Waals surface area contributed by atoms with Crippen molar-refractivity contribution in [2.24, 2.45) is 5.92 Å². The minimum atomic E-state index is -0.791. The molecule has 3 heterocycles. The van der Waals surface area contributed by atoms with Gasteiger partial charge in [-0.15, -0.1) is 11.8 Å². The molecule has 36 heavy (non-hydrogen) atoms. The number of ether oxygens (including phenoxy) is 2. The number of nitrogens with zero attached hydrogens (tertiary/aromatic N) is 2. The average Bonchev–Trinajstić information content (AvgIpc) is 2.89. The molecule has 8 nitrogen and oxygen atoms in total. The Bertz CT molecular complexity index is 1190. The Morgan fingerprint density at radius 3 is 2.75 bits per heavy atom. The van der Waals surface area contributed by atoms with Crippen LogP contribution in [-0.2, 0) is 25.7 Å². The lowest BCUT2D eigenvalue weighted by molar-refractivity contribution is -0.162. The molecule has 0 radical (unpaired) electrons. The van der Waals surface area contributed by atoms with Gasteiger partial charge in [-0.25, -0.2) is 0 Å². The van der Waals surface area contributed by atoms with E-state index in [9.17, 15) is 14.4 Å². The molecule has 1 fully saturated rings. The Morgan fingerprint density at radius 1 is 1.28 bits per heavy atom. The summed E-state index contributed by atoms with van der Waals surface area (Å²) in [5.41, 5.74) is 1.95. The number of esters is 1. The molecule has 0 spiro atoms. The monoisotopic (exact) mass is 525 g/mol. The molecular weight excluding hydrogens is 498 g/mol. The number of pyridine rings is 1. The first-order chi connectivity index (χ1) is 17.4. The van der Waals surface area contributed by atoms with Crippen LogP contribution in [0.2, 0.25) is 0 Å². The first-order valence-electron chi connectivity index (χ1n) is 11.4. The zero-order valence-corrected chi connectivity index (χ0v) is 21.6. The van der Waals surface area contributed by atoms with Crippen molar-refractivity contribution in [2.45, 2.75) is 36.2 Å². The van der Waals surface area contributed by atoms with E-state index in [0.29, 0.717) is 6.54 Å². The number of rotatable bonds is 10. The van der Waals surface area contributed by atoms with Crippen LogP contribution < -0.4 is 10.1 Å². The zero-order chi connectivity index (χ0) is 25.7. The fourth-order valence-corrected chi connectivity index (χ4v) is 6.44. The van der Waals surface area contributed by atoms with Gasteiger partial charge < -0.3 is 19.7 Å². The van der Waals surface area contributed by atoms with E-state index in [2.05, 4.69) is 16.9 Å². The number of fused-ring (bicyclic) bond motifs is 1. The summed E-state index contributed by atoms with van der Waals surface area (Å²) in [6.45, 7) is 5.90. The number of thioether (sulfide) groups is 2. The highest BCUT2D eigenvalue weighted by molar-refractivity contribution is 8.06. The molecule has 3 atom stereocenters. The number of carbonyl (C=O) groups excluding carboxylic acids is 3. The fourth-order valence-electron chi connectivity index (χ4n) is 4.05. The molecule has 0 bridgehead atoms. The van der Waals surface area contributed by atoms with Crippen molar-refractivity contribution in [3.8, 4) is 5.75 Å². The van der Waals surface area contributed by atoms with Crippen LogP contribution in [0, 0.1) is 12.8 Å². The third-order valence-corrected chi connectivity index (χ3v) is 8.41. The van der Waals surface area contributed by atoms with Crippen LogP contribution in [-0.4, -0.2) is 52.8 Å².